The number of aryl methyl sites for hydroxylation is 1. The summed E-state index contributed by atoms with van der Waals surface area (Å²) in [7, 11) is -0.454. The zero-order valence-corrected chi connectivity index (χ0v) is 25.0. The number of para-hydroxylation sites is 1. The Bertz CT molecular complexity index is 1480. The van der Waals surface area contributed by atoms with E-state index in [1.54, 1.807) is 43.1 Å². The van der Waals surface area contributed by atoms with Gasteiger partial charge in [-0.15, -0.1) is 0 Å². The van der Waals surface area contributed by atoms with Gasteiger partial charge in [0.1, 0.15) is 6.10 Å². The Morgan fingerprint density at radius 1 is 1.25 bits per heavy atom. The molecule has 1 aliphatic heterocycles. The molecule has 3 atom stereocenters. The minimum Gasteiger partial charge on any atom is -0.486 e. The Morgan fingerprint density at radius 3 is 2.65 bits per heavy atom. The normalized spacial score (nSPS) is 18.6. The highest BCUT2D eigenvalue weighted by Crippen LogP contribution is 2.36. The Kier molecular flexibility index (Phi) is 9.31. The van der Waals surface area contributed by atoms with Crippen LogP contribution in [0.25, 0.3) is 0 Å². The summed E-state index contributed by atoms with van der Waals surface area (Å²) in [6.45, 7) is 4.87. The first-order valence-corrected chi connectivity index (χ1v) is 15.0. The zero-order valence-electron chi connectivity index (χ0n) is 22.7. The number of benzene rings is 2. The summed E-state index contributed by atoms with van der Waals surface area (Å²) >= 11 is 12.3. The molecule has 0 saturated heterocycles. The van der Waals surface area contributed by atoms with Crippen LogP contribution in [-0.2, 0) is 23.6 Å². The first kappa shape index (κ1) is 30.1. The number of aromatic nitrogens is 2. The van der Waals surface area contributed by atoms with Crippen molar-refractivity contribution in [3.05, 3.63) is 70.1 Å². The minimum atomic E-state index is -4.06. The Labute approximate surface area is 244 Å². The van der Waals surface area contributed by atoms with Gasteiger partial charge < -0.3 is 19.3 Å². The fourth-order valence-corrected chi connectivity index (χ4v) is 5.95. The van der Waals surface area contributed by atoms with Crippen molar-refractivity contribution in [2.75, 3.05) is 31.5 Å². The van der Waals surface area contributed by atoms with Crippen LogP contribution in [-0.4, -0.2) is 77.7 Å². The van der Waals surface area contributed by atoms with Crippen LogP contribution in [0.1, 0.15) is 29.8 Å². The number of anilines is 1. The van der Waals surface area contributed by atoms with Crippen LogP contribution in [0, 0.1) is 5.92 Å². The summed E-state index contributed by atoms with van der Waals surface area (Å²) in [6, 6.07) is 9.74. The maximum Gasteiger partial charge on any atom is 0.281 e. The molecular formula is C27H33Cl2N5O5S. The number of imidazole rings is 1. The molecule has 0 saturated carbocycles. The summed E-state index contributed by atoms with van der Waals surface area (Å²) in [5, 5.41) is 10.7. The molecule has 3 aromatic rings. The number of hydrogen-bond acceptors (Lipinski definition) is 7. The Morgan fingerprint density at radius 2 is 2.00 bits per heavy atom. The lowest BCUT2D eigenvalue weighted by atomic mass is 9.99. The van der Waals surface area contributed by atoms with E-state index in [0.29, 0.717) is 29.7 Å². The van der Waals surface area contributed by atoms with Gasteiger partial charge in [0.2, 0.25) is 0 Å². The highest BCUT2D eigenvalue weighted by Gasteiger charge is 2.35. The topological polar surface area (TPSA) is 117 Å². The first-order valence-electron chi connectivity index (χ1n) is 12.7. The molecule has 10 nitrogen and oxygen atoms in total. The van der Waals surface area contributed by atoms with Crippen LogP contribution in [0.5, 0.6) is 5.75 Å². The number of nitrogens with one attached hydrogen (secondary N) is 1. The molecule has 2 heterocycles. The standard InChI is InChI=1S/C27H33Cl2N5O5S/c1-17-11-34(18(2)15-35)27(36)20-6-5-7-23(31-40(37,38)25-14-33(4)16-30-25)26(20)39-24(17)13-32(3)12-19-8-9-21(28)22(29)10-19/h5-10,14,16-18,24,31,35H,11-13,15H2,1-4H3/t17-,18-,24+/m0/s1. The highest BCUT2D eigenvalue weighted by molar-refractivity contribution is 7.92. The number of rotatable bonds is 9. The zero-order chi connectivity index (χ0) is 29.2. The van der Waals surface area contributed by atoms with Gasteiger partial charge in [-0.05, 0) is 43.8 Å². The average molecular weight is 611 g/mol. The van der Waals surface area contributed by atoms with E-state index in [1.165, 1.54) is 17.1 Å². The predicted molar refractivity (Wildman–Crippen MR) is 154 cm³/mol. The number of halogens is 2. The Balaban J connectivity index is 1.69. The number of ether oxygens (including phenoxy) is 1. The molecule has 1 aliphatic rings. The van der Waals surface area contributed by atoms with Crippen LogP contribution < -0.4 is 9.46 Å². The molecule has 0 spiro atoms. The lowest BCUT2D eigenvalue weighted by molar-refractivity contribution is 0.0344. The van der Waals surface area contributed by atoms with Gasteiger partial charge in [-0.3, -0.25) is 14.4 Å². The van der Waals surface area contributed by atoms with Gasteiger partial charge in [0.25, 0.3) is 15.9 Å². The second-order valence-corrected chi connectivity index (χ2v) is 12.7. The number of aliphatic hydroxyl groups excluding tert-OH is 1. The number of carbonyl (C=O) groups is 1. The second-order valence-electron chi connectivity index (χ2n) is 10.2. The van der Waals surface area contributed by atoms with Gasteiger partial charge in [-0.1, -0.05) is 42.3 Å². The molecule has 0 unspecified atom stereocenters. The van der Waals surface area contributed by atoms with Gasteiger partial charge in [-0.25, -0.2) is 4.98 Å². The lowest BCUT2D eigenvalue weighted by Gasteiger charge is -2.38. The number of aliphatic hydroxyl groups is 1. The van der Waals surface area contributed by atoms with Crippen molar-refractivity contribution in [1.82, 2.24) is 19.4 Å². The largest absolute Gasteiger partial charge is 0.486 e. The quantitative estimate of drug-likeness (QED) is 0.378. The third-order valence-corrected chi connectivity index (χ3v) is 8.81. The fourth-order valence-electron chi connectivity index (χ4n) is 4.59. The van der Waals surface area contributed by atoms with E-state index in [2.05, 4.69) is 14.6 Å². The summed E-state index contributed by atoms with van der Waals surface area (Å²) in [4.78, 5) is 21.3. The van der Waals surface area contributed by atoms with Gasteiger partial charge >= 0.3 is 0 Å². The molecule has 0 bridgehead atoms. The second kappa shape index (κ2) is 12.4. The summed E-state index contributed by atoms with van der Waals surface area (Å²) in [6.07, 6.45) is 2.34. The molecule has 0 aliphatic carbocycles. The lowest BCUT2D eigenvalue weighted by Crippen LogP contribution is -2.49. The Hall–Kier alpha value is -2.83. The fraction of sp³-hybridized carbons (Fsp3) is 0.407. The monoisotopic (exact) mass is 609 g/mol. The molecule has 4 rings (SSSR count). The molecule has 40 heavy (non-hydrogen) atoms. The van der Waals surface area contributed by atoms with E-state index in [9.17, 15) is 18.3 Å². The van der Waals surface area contributed by atoms with Crippen LogP contribution >= 0.6 is 23.2 Å². The van der Waals surface area contributed by atoms with Crippen molar-refractivity contribution in [2.24, 2.45) is 13.0 Å². The number of likely N-dealkylation sites (N-methyl/N-ethyl adjacent to an activating group) is 1. The van der Waals surface area contributed by atoms with Gasteiger partial charge in [0.05, 0.1) is 40.3 Å². The first-order chi connectivity index (χ1) is 18.9. The van der Waals surface area contributed by atoms with E-state index in [0.717, 1.165) is 5.56 Å². The van der Waals surface area contributed by atoms with E-state index < -0.39 is 22.2 Å². The van der Waals surface area contributed by atoms with E-state index in [4.69, 9.17) is 27.9 Å². The van der Waals surface area contributed by atoms with Gasteiger partial charge in [-0.2, -0.15) is 8.42 Å². The highest BCUT2D eigenvalue weighted by atomic mass is 35.5. The third kappa shape index (κ3) is 6.72. The van der Waals surface area contributed by atoms with Crippen molar-refractivity contribution < 1.29 is 23.1 Å². The maximum atomic E-state index is 13.7. The SMILES string of the molecule is C[C@H]1CN([C@@H](C)CO)C(=O)c2cccc(NS(=O)(=O)c3cn(C)cn3)c2O[C@@H]1CN(C)Cc1ccc(Cl)c(Cl)c1. The van der Waals surface area contributed by atoms with Crippen molar-refractivity contribution in [3.8, 4) is 5.75 Å². The van der Waals surface area contributed by atoms with Crippen LogP contribution in [0.3, 0.4) is 0 Å². The average Bonchev–Trinajstić information content (AvgIpc) is 3.35. The van der Waals surface area contributed by atoms with Gasteiger partial charge in [0.15, 0.2) is 10.8 Å². The molecular weight excluding hydrogens is 577 g/mol. The van der Waals surface area contributed by atoms with Crippen LogP contribution in [0.15, 0.2) is 53.9 Å². The molecule has 0 radical (unpaired) electrons. The summed E-state index contributed by atoms with van der Waals surface area (Å²) in [5.41, 5.74) is 1.29. The number of fused-ring (bicyclic) bond motifs is 1. The summed E-state index contributed by atoms with van der Waals surface area (Å²) < 4.78 is 36.8. The van der Waals surface area contributed by atoms with Crippen LogP contribution in [0.4, 0.5) is 5.69 Å². The molecule has 1 amide bonds. The number of sulfonamides is 1. The summed E-state index contributed by atoms with van der Waals surface area (Å²) in [5.74, 6) is -0.394. The van der Waals surface area contributed by atoms with Gasteiger partial charge in [0, 0.05) is 38.8 Å². The molecule has 1 aromatic heterocycles. The molecule has 2 N–H and O–H groups in total. The molecule has 13 heteroatoms. The van der Waals surface area contributed by atoms with Crippen molar-refractivity contribution in [3.63, 3.8) is 0 Å². The number of carbonyl (C=O) groups excluding carboxylic acids is 1. The molecule has 2 aromatic carbocycles. The minimum absolute atomic E-state index is 0.124. The number of nitrogens with zero attached hydrogens (tertiary/aromatic N) is 4. The predicted octanol–water partition coefficient (Wildman–Crippen LogP) is 3.88. The number of hydrogen-bond donors (Lipinski definition) is 2. The molecule has 216 valence electrons. The third-order valence-electron chi connectivity index (χ3n) is 6.82. The van der Waals surface area contributed by atoms with E-state index in [1.807, 2.05) is 26.1 Å². The number of amides is 1. The van der Waals surface area contributed by atoms with Crippen molar-refractivity contribution in [2.45, 2.75) is 37.6 Å². The van der Waals surface area contributed by atoms with Crippen LogP contribution in [0.2, 0.25) is 10.0 Å². The van der Waals surface area contributed by atoms with Crippen molar-refractivity contribution in [1.29, 1.82) is 0 Å². The van der Waals surface area contributed by atoms with E-state index >= 15 is 0 Å². The van der Waals surface area contributed by atoms with Crippen molar-refractivity contribution >= 4 is 44.8 Å². The molecule has 0 fully saturated rings. The smallest absolute Gasteiger partial charge is 0.281 e. The van der Waals surface area contributed by atoms with E-state index in [-0.39, 0.29) is 40.5 Å². The maximum absolute atomic E-state index is 13.7.